The van der Waals surface area contributed by atoms with Crippen LogP contribution in [0.25, 0.3) is 16.8 Å². The number of nitrogens with two attached hydrogens (primary N) is 3. The lowest BCUT2D eigenvalue weighted by atomic mass is 9.73. The molecule has 2 aliphatic heterocycles. The molecule has 1 spiro atoms. The Kier molecular flexibility index (Phi) is 4.49. The van der Waals surface area contributed by atoms with Crippen LogP contribution in [0.5, 0.6) is 0 Å². The Balaban J connectivity index is 1.52. The van der Waals surface area contributed by atoms with Crippen LogP contribution in [0.15, 0.2) is 24.7 Å². The zero-order chi connectivity index (χ0) is 21.0. The normalized spacial score (nSPS) is 23.5. The highest BCUT2D eigenvalue weighted by atomic mass is 35.5. The Morgan fingerprint density at radius 1 is 1.23 bits per heavy atom. The first-order valence-corrected chi connectivity index (χ1v) is 10.4. The highest BCUT2D eigenvalue weighted by molar-refractivity contribution is 6.36. The van der Waals surface area contributed by atoms with Gasteiger partial charge in [-0.1, -0.05) is 11.6 Å². The Labute approximate surface area is 179 Å². The number of aromatic nitrogens is 4. The van der Waals surface area contributed by atoms with Gasteiger partial charge in [-0.15, -0.1) is 0 Å². The lowest BCUT2D eigenvalue weighted by Crippen LogP contribution is -2.51. The third kappa shape index (κ3) is 2.80. The van der Waals surface area contributed by atoms with E-state index in [-0.39, 0.29) is 23.4 Å². The quantitative estimate of drug-likeness (QED) is 0.563. The molecule has 0 bridgehead atoms. The van der Waals surface area contributed by atoms with Crippen LogP contribution >= 0.6 is 11.6 Å². The third-order valence-corrected chi connectivity index (χ3v) is 7.07. The number of hydrogen-bond acceptors (Lipinski definition) is 8. The number of anilines is 3. The molecule has 30 heavy (non-hydrogen) atoms. The molecule has 0 radical (unpaired) electrons. The molecule has 2 atom stereocenters. The number of rotatable bonds is 2. The lowest BCUT2D eigenvalue weighted by Gasteiger charge is -2.42. The van der Waals surface area contributed by atoms with Crippen LogP contribution in [0.2, 0.25) is 5.02 Å². The maximum atomic E-state index is 6.49. The first kappa shape index (κ1) is 19.3. The van der Waals surface area contributed by atoms with Crippen LogP contribution in [-0.2, 0) is 4.74 Å². The maximum absolute atomic E-state index is 6.49. The van der Waals surface area contributed by atoms with Gasteiger partial charge in [-0.2, -0.15) is 9.61 Å². The molecule has 0 aliphatic carbocycles. The Bertz CT molecular complexity index is 1110. The van der Waals surface area contributed by atoms with E-state index < -0.39 is 0 Å². The molecule has 2 aliphatic rings. The average molecular weight is 429 g/mol. The molecule has 0 amide bonds. The van der Waals surface area contributed by atoms with Crippen molar-refractivity contribution in [3.8, 4) is 11.1 Å². The second-order valence-electron chi connectivity index (χ2n) is 8.28. The number of pyridine rings is 2. The number of piperidine rings is 1. The summed E-state index contributed by atoms with van der Waals surface area (Å²) in [6.45, 7) is 4.48. The topological polar surface area (TPSA) is 134 Å². The number of halogens is 1. The van der Waals surface area contributed by atoms with E-state index >= 15 is 0 Å². The molecular weight excluding hydrogens is 404 g/mol. The molecular formula is C20H25ClN8O. The largest absolute Gasteiger partial charge is 0.398 e. The highest BCUT2D eigenvalue weighted by Gasteiger charge is 2.47. The molecule has 9 nitrogen and oxygen atoms in total. The van der Waals surface area contributed by atoms with Gasteiger partial charge in [0, 0.05) is 48.1 Å². The summed E-state index contributed by atoms with van der Waals surface area (Å²) < 4.78 is 7.65. The number of ether oxygens (including phenoxy) is 1. The van der Waals surface area contributed by atoms with Gasteiger partial charge in [-0.25, -0.2) is 9.97 Å². The van der Waals surface area contributed by atoms with Gasteiger partial charge in [0.15, 0.2) is 5.65 Å². The number of nitrogens with zero attached hydrogens (tertiary/aromatic N) is 5. The highest BCUT2D eigenvalue weighted by Crippen LogP contribution is 2.43. The van der Waals surface area contributed by atoms with Gasteiger partial charge >= 0.3 is 0 Å². The molecule has 3 aromatic rings. The summed E-state index contributed by atoms with van der Waals surface area (Å²) in [6, 6.07) is 3.78. The Morgan fingerprint density at radius 2 is 2.00 bits per heavy atom. The second kappa shape index (κ2) is 6.97. The van der Waals surface area contributed by atoms with Gasteiger partial charge in [0.1, 0.15) is 18.0 Å². The van der Waals surface area contributed by atoms with Gasteiger partial charge in [-0.3, -0.25) is 0 Å². The smallest absolute Gasteiger partial charge is 0.167 e. The van der Waals surface area contributed by atoms with Gasteiger partial charge < -0.3 is 26.8 Å². The summed E-state index contributed by atoms with van der Waals surface area (Å²) in [4.78, 5) is 10.8. The molecule has 2 saturated heterocycles. The van der Waals surface area contributed by atoms with E-state index in [1.165, 1.54) is 6.33 Å². The maximum Gasteiger partial charge on any atom is 0.167 e. The van der Waals surface area contributed by atoms with Crippen LogP contribution in [0, 0.1) is 5.41 Å². The standard InChI is InChI=1S/C20H25ClN8O/c1-11-17(23)20(9-30-11)3-6-28(7-4-20)14-8-13(22)15(19-26-10-27-29(14)19)12-2-5-25-18(24)16(12)21/h2,5,8,10-11,17H,3-4,6-7,9,22-23H2,1H3,(H2,24,25). The summed E-state index contributed by atoms with van der Waals surface area (Å²) >= 11 is 6.42. The molecule has 5 rings (SSSR count). The van der Waals surface area contributed by atoms with E-state index in [0.717, 1.165) is 38.4 Å². The zero-order valence-electron chi connectivity index (χ0n) is 16.8. The Morgan fingerprint density at radius 3 is 2.70 bits per heavy atom. The molecule has 6 N–H and O–H groups in total. The third-order valence-electron chi connectivity index (χ3n) is 6.68. The summed E-state index contributed by atoms with van der Waals surface area (Å²) in [5, 5.41) is 4.81. The Hall–Kier alpha value is -2.62. The summed E-state index contributed by atoms with van der Waals surface area (Å²) in [5.41, 5.74) is 21.5. The molecule has 2 fully saturated rings. The minimum Gasteiger partial charge on any atom is -0.398 e. The van der Waals surface area contributed by atoms with Crippen molar-refractivity contribution in [2.24, 2.45) is 11.1 Å². The van der Waals surface area contributed by atoms with E-state index in [0.29, 0.717) is 27.5 Å². The molecule has 10 heteroatoms. The number of hydrogen-bond donors (Lipinski definition) is 3. The van der Waals surface area contributed by atoms with Gasteiger partial charge in [0.2, 0.25) is 0 Å². The van der Waals surface area contributed by atoms with Crippen molar-refractivity contribution in [3.05, 3.63) is 29.7 Å². The van der Waals surface area contributed by atoms with E-state index in [1.54, 1.807) is 12.3 Å². The predicted octanol–water partition coefficient (Wildman–Crippen LogP) is 1.94. The molecule has 0 saturated carbocycles. The molecule has 0 aromatic carbocycles. The van der Waals surface area contributed by atoms with Crippen molar-refractivity contribution in [2.75, 3.05) is 36.1 Å². The first-order chi connectivity index (χ1) is 14.4. The molecule has 2 unspecified atom stereocenters. The van der Waals surface area contributed by atoms with Crippen molar-refractivity contribution >= 4 is 34.6 Å². The monoisotopic (exact) mass is 428 g/mol. The minimum atomic E-state index is 0.0466. The number of fused-ring (bicyclic) bond motifs is 1. The van der Waals surface area contributed by atoms with Crippen LogP contribution in [0.1, 0.15) is 19.8 Å². The lowest BCUT2D eigenvalue weighted by molar-refractivity contribution is 0.0974. The number of nitrogen functional groups attached to an aromatic ring is 2. The van der Waals surface area contributed by atoms with E-state index in [2.05, 4.69) is 26.9 Å². The second-order valence-corrected chi connectivity index (χ2v) is 8.66. The fourth-order valence-electron chi connectivity index (χ4n) is 4.79. The minimum absolute atomic E-state index is 0.0466. The summed E-state index contributed by atoms with van der Waals surface area (Å²) in [5.74, 6) is 1.15. The summed E-state index contributed by atoms with van der Waals surface area (Å²) in [6.07, 6.45) is 5.15. The van der Waals surface area contributed by atoms with Gasteiger partial charge in [-0.05, 0) is 25.8 Å². The van der Waals surface area contributed by atoms with Crippen molar-refractivity contribution < 1.29 is 4.74 Å². The van der Waals surface area contributed by atoms with Crippen molar-refractivity contribution in [1.82, 2.24) is 19.6 Å². The van der Waals surface area contributed by atoms with Crippen LogP contribution in [0.4, 0.5) is 17.3 Å². The fourth-order valence-corrected chi connectivity index (χ4v) is 5.00. The van der Waals surface area contributed by atoms with Gasteiger partial charge in [0.25, 0.3) is 0 Å². The van der Waals surface area contributed by atoms with Crippen molar-refractivity contribution in [2.45, 2.75) is 31.9 Å². The van der Waals surface area contributed by atoms with E-state index in [4.69, 9.17) is 33.5 Å². The van der Waals surface area contributed by atoms with Crippen LogP contribution in [0.3, 0.4) is 0 Å². The SMILES string of the molecule is CC1OCC2(CCN(c3cc(N)c(-c4ccnc(N)c4Cl)c4ncnn34)CC2)C1N. The average Bonchev–Trinajstić information content (AvgIpc) is 3.32. The van der Waals surface area contributed by atoms with E-state index in [1.807, 2.05) is 10.6 Å². The van der Waals surface area contributed by atoms with Gasteiger partial charge in [0.05, 0.1) is 23.3 Å². The predicted molar refractivity (Wildman–Crippen MR) is 117 cm³/mol. The van der Waals surface area contributed by atoms with Crippen molar-refractivity contribution in [1.29, 1.82) is 0 Å². The van der Waals surface area contributed by atoms with Crippen LogP contribution in [-0.4, -0.2) is 51.4 Å². The molecule has 158 valence electrons. The molecule has 5 heterocycles. The zero-order valence-corrected chi connectivity index (χ0v) is 17.5. The molecule has 3 aromatic heterocycles. The van der Waals surface area contributed by atoms with E-state index in [9.17, 15) is 0 Å². The van der Waals surface area contributed by atoms with Crippen LogP contribution < -0.4 is 22.1 Å². The first-order valence-electron chi connectivity index (χ1n) is 10.1. The summed E-state index contributed by atoms with van der Waals surface area (Å²) in [7, 11) is 0. The van der Waals surface area contributed by atoms with Crippen molar-refractivity contribution in [3.63, 3.8) is 0 Å². The fraction of sp³-hybridized carbons (Fsp3) is 0.450.